The molecule has 0 spiro atoms. The lowest BCUT2D eigenvalue weighted by molar-refractivity contribution is 0.237. The van der Waals surface area contributed by atoms with Crippen LogP contribution in [0, 0.1) is 0 Å². The van der Waals surface area contributed by atoms with Gasteiger partial charge in [-0.15, -0.1) is 0 Å². The summed E-state index contributed by atoms with van der Waals surface area (Å²) >= 11 is 0. The molecule has 2 fully saturated rings. The van der Waals surface area contributed by atoms with Gasteiger partial charge in [0, 0.05) is 38.4 Å². The van der Waals surface area contributed by atoms with Crippen LogP contribution in [0.1, 0.15) is 30.9 Å². The molecule has 3 heteroatoms. The van der Waals surface area contributed by atoms with Gasteiger partial charge in [0.1, 0.15) is 0 Å². The highest BCUT2D eigenvalue weighted by Gasteiger charge is 2.41. The lowest BCUT2D eigenvalue weighted by atomic mass is 10.0. The zero-order valence-electron chi connectivity index (χ0n) is 11.3. The van der Waals surface area contributed by atoms with Crippen LogP contribution in [0.15, 0.2) is 24.3 Å². The van der Waals surface area contributed by atoms with E-state index in [-0.39, 0.29) is 0 Å². The molecule has 1 saturated heterocycles. The minimum atomic E-state index is 0.302. The summed E-state index contributed by atoms with van der Waals surface area (Å²) in [6.45, 7) is 1.17. The molecule has 1 heterocycles. The van der Waals surface area contributed by atoms with Gasteiger partial charge in [0.05, 0.1) is 6.04 Å². The highest BCUT2D eigenvalue weighted by molar-refractivity contribution is 5.46. The molecule has 0 amide bonds. The van der Waals surface area contributed by atoms with Crippen LogP contribution in [0.4, 0.5) is 5.69 Å². The second kappa shape index (κ2) is 4.56. The van der Waals surface area contributed by atoms with Gasteiger partial charge in [-0.3, -0.25) is 4.90 Å². The van der Waals surface area contributed by atoms with Gasteiger partial charge >= 0.3 is 0 Å². The zero-order valence-corrected chi connectivity index (χ0v) is 11.3. The normalized spacial score (nSPS) is 28.6. The van der Waals surface area contributed by atoms with Crippen molar-refractivity contribution < 1.29 is 0 Å². The standard InChI is InChI=1S/C15H23N3/c1-17(2)12-5-3-11(4-6-12)15-14(16)9-10-18(15)13-7-8-13/h3-6,13-15H,7-10,16H2,1-2H3. The third kappa shape index (κ3) is 2.13. The monoisotopic (exact) mass is 245 g/mol. The summed E-state index contributed by atoms with van der Waals surface area (Å²) in [6.07, 6.45) is 3.86. The highest BCUT2D eigenvalue weighted by atomic mass is 15.2. The Bertz CT molecular complexity index is 408. The van der Waals surface area contributed by atoms with Gasteiger partial charge in [-0.1, -0.05) is 12.1 Å². The molecule has 3 nitrogen and oxygen atoms in total. The predicted molar refractivity (Wildman–Crippen MR) is 75.8 cm³/mol. The molecular formula is C15H23N3. The van der Waals surface area contributed by atoms with Crippen LogP contribution in [0.3, 0.4) is 0 Å². The molecule has 3 rings (SSSR count). The van der Waals surface area contributed by atoms with E-state index in [0.717, 1.165) is 12.5 Å². The van der Waals surface area contributed by atoms with E-state index in [0.29, 0.717) is 12.1 Å². The fourth-order valence-electron chi connectivity index (χ4n) is 3.07. The van der Waals surface area contributed by atoms with Crippen molar-refractivity contribution in [1.29, 1.82) is 0 Å². The maximum absolute atomic E-state index is 6.31. The van der Waals surface area contributed by atoms with E-state index in [9.17, 15) is 0 Å². The van der Waals surface area contributed by atoms with Crippen LogP contribution in [0.5, 0.6) is 0 Å². The summed E-state index contributed by atoms with van der Waals surface area (Å²) in [5.74, 6) is 0. The van der Waals surface area contributed by atoms with Crippen molar-refractivity contribution in [3.8, 4) is 0 Å². The van der Waals surface area contributed by atoms with E-state index < -0.39 is 0 Å². The molecule has 0 radical (unpaired) electrons. The van der Waals surface area contributed by atoms with E-state index in [1.54, 1.807) is 0 Å². The quantitative estimate of drug-likeness (QED) is 0.884. The Morgan fingerprint density at radius 2 is 1.78 bits per heavy atom. The summed E-state index contributed by atoms with van der Waals surface area (Å²) in [7, 11) is 4.15. The number of nitrogens with two attached hydrogens (primary N) is 1. The topological polar surface area (TPSA) is 32.5 Å². The van der Waals surface area contributed by atoms with Gasteiger partial charge in [-0.2, -0.15) is 0 Å². The van der Waals surface area contributed by atoms with Crippen LogP contribution in [-0.2, 0) is 0 Å². The van der Waals surface area contributed by atoms with Crippen molar-refractivity contribution in [2.75, 3.05) is 25.5 Å². The molecular weight excluding hydrogens is 222 g/mol. The number of rotatable bonds is 3. The minimum Gasteiger partial charge on any atom is -0.378 e. The van der Waals surface area contributed by atoms with Crippen LogP contribution < -0.4 is 10.6 Å². The van der Waals surface area contributed by atoms with Crippen molar-refractivity contribution in [1.82, 2.24) is 4.90 Å². The molecule has 98 valence electrons. The van der Waals surface area contributed by atoms with E-state index in [1.807, 2.05) is 0 Å². The lowest BCUT2D eigenvalue weighted by Gasteiger charge is -2.27. The van der Waals surface area contributed by atoms with Crippen LogP contribution >= 0.6 is 0 Å². The van der Waals surface area contributed by atoms with Gasteiger partial charge in [-0.05, 0) is 37.0 Å². The molecule has 1 aliphatic carbocycles. The first-order chi connectivity index (χ1) is 8.66. The first-order valence-electron chi connectivity index (χ1n) is 6.95. The van der Waals surface area contributed by atoms with Crippen molar-refractivity contribution in [3.63, 3.8) is 0 Å². The van der Waals surface area contributed by atoms with E-state index in [1.165, 1.54) is 30.6 Å². The number of hydrogen-bond donors (Lipinski definition) is 1. The van der Waals surface area contributed by atoms with E-state index >= 15 is 0 Å². The molecule has 2 N–H and O–H groups in total. The first kappa shape index (κ1) is 12.0. The molecule has 1 aromatic rings. The summed E-state index contributed by atoms with van der Waals surface area (Å²) in [6, 6.07) is 10.4. The fourth-order valence-corrected chi connectivity index (χ4v) is 3.07. The summed E-state index contributed by atoms with van der Waals surface area (Å²) < 4.78 is 0. The summed E-state index contributed by atoms with van der Waals surface area (Å²) in [5.41, 5.74) is 8.95. The van der Waals surface area contributed by atoms with Gasteiger partial charge in [-0.25, -0.2) is 0 Å². The SMILES string of the molecule is CN(C)c1ccc(C2C(N)CCN2C2CC2)cc1. The fraction of sp³-hybridized carbons (Fsp3) is 0.600. The number of hydrogen-bond acceptors (Lipinski definition) is 3. The lowest BCUT2D eigenvalue weighted by Crippen LogP contribution is -2.33. The molecule has 1 aliphatic heterocycles. The maximum atomic E-state index is 6.31. The Morgan fingerprint density at radius 3 is 2.33 bits per heavy atom. The third-order valence-electron chi connectivity index (χ3n) is 4.25. The molecule has 0 bridgehead atoms. The van der Waals surface area contributed by atoms with E-state index in [4.69, 9.17) is 5.73 Å². The Morgan fingerprint density at radius 1 is 1.11 bits per heavy atom. The van der Waals surface area contributed by atoms with Crippen LogP contribution in [-0.4, -0.2) is 37.6 Å². The average Bonchev–Trinajstić information content (AvgIpc) is 3.13. The van der Waals surface area contributed by atoms with Crippen molar-refractivity contribution >= 4 is 5.69 Å². The second-order valence-electron chi connectivity index (χ2n) is 5.85. The number of benzene rings is 1. The molecule has 2 aliphatic rings. The second-order valence-corrected chi connectivity index (χ2v) is 5.85. The molecule has 2 atom stereocenters. The summed E-state index contributed by atoms with van der Waals surface area (Å²) in [5, 5.41) is 0. The van der Waals surface area contributed by atoms with Crippen molar-refractivity contribution in [2.24, 2.45) is 5.73 Å². The smallest absolute Gasteiger partial charge is 0.0502 e. The summed E-state index contributed by atoms with van der Waals surface area (Å²) in [4.78, 5) is 4.76. The Hall–Kier alpha value is -1.06. The Labute approximate surface area is 110 Å². The van der Waals surface area contributed by atoms with Crippen LogP contribution in [0.25, 0.3) is 0 Å². The van der Waals surface area contributed by atoms with Gasteiger partial charge in [0.15, 0.2) is 0 Å². The van der Waals surface area contributed by atoms with Gasteiger partial charge in [0.2, 0.25) is 0 Å². The molecule has 18 heavy (non-hydrogen) atoms. The average molecular weight is 245 g/mol. The van der Waals surface area contributed by atoms with Crippen LogP contribution in [0.2, 0.25) is 0 Å². The number of anilines is 1. The number of nitrogens with zero attached hydrogens (tertiary/aromatic N) is 2. The largest absolute Gasteiger partial charge is 0.378 e. The Balaban J connectivity index is 1.83. The van der Waals surface area contributed by atoms with Crippen molar-refractivity contribution in [3.05, 3.63) is 29.8 Å². The molecule has 1 aromatic carbocycles. The highest BCUT2D eigenvalue weighted by Crippen LogP contribution is 2.40. The van der Waals surface area contributed by atoms with Crippen molar-refractivity contribution in [2.45, 2.75) is 37.4 Å². The van der Waals surface area contributed by atoms with E-state index in [2.05, 4.69) is 48.2 Å². The third-order valence-corrected chi connectivity index (χ3v) is 4.25. The maximum Gasteiger partial charge on any atom is 0.0502 e. The molecule has 2 unspecified atom stereocenters. The zero-order chi connectivity index (χ0) is 12.7. The number of likely N-dealkylation sites (tertiary alicyclic amines) is 1. The minimum absolute atomic E-state index is 0.302. The predicted octanol–water partition coefficient (Wildman–Crippen LogP) is 1.99. The molecule has 1 saturated carbocycles. The van der Waals surface area contributed by atoms with Gasteiger partial charge in [0.25, 0.3) is 0 Å². The molecule has 0 aromatic heterocycles. The first-order valence-corrected chi connectivity index (χ1v) is 6.95. The van der Waals surface area contributed by atoms with Gasteiger partial charge < -0.3 is 10.6 Å². The Kier molecular flexibility index (Phi) is 3.04.